The summed E-state index contributed by atoms with van der Waals surface area (Å²) in [7, 11) is 0.976. The number of pyridine rings is 1. The highest BCUT2D eigenvalue weighted by Crippen LogP contribution is 2.47. The zero-order chi connectivity index (χ0) is 23.7. The number of nitrogens with zero attached hydrogens (tertiary/aromatic N) is 1. The fourth-order valence-electron chi connectivity index (χ4n) is 3.36. The van der Waals surface area contributed by atoms with Gasteiger partial charge >= 0.3 is 24.0 Å². The third-order valence-electron chi connectivity index (χ3n) is 4.94. The summed E-state index contributed by atoms with van der Waals surface area (Å²) in [6.45, 7) is 0. The maximum Gasteiger partial charge on any atom is 0.439 e. The maximum atomic E-state index is 14.0. The Balaban J connectivity index is 2.14. The first-order valence-electron chi connectivity index (χ1n) is 9.28. The molecule has 0 atom stereocenters. The monoisotopic (exact) mass is 481 g/mol. The number of methoxy groups -OCH3 is 1. The summed E-state index contributed by atoms with van der Waals surface area (Å²) in [5.74, 6) is -2.72. The van der Waals surface area contributed by atoms with Crippen molar-refractivity contribution < 1.29 is 40.7 Å². The Labute approximate surface area is 182 Å². The number of thiophene rings is 1. The Morgan fingerprint density at radius 3 is 2.31 bits per heavy atom. The molecule has 0 unspecified atom stereocenters. The minimum Gasteiger partial charge on any atom is -0.465 e. The average Bonchev–Trinajstić information content (AvgIpc) is 3.09. The van der Waals surface area contributed by atoms with E-state index in [2.05, 4.69) is 9.72 Å². The molecular weight excluding hydrogens is 464 g/mol. The van der Waals surface area contributed by atoms with Crippen molar-refractivity contribution >= 4 is 28.2 Å². The summed E-state index contributed by atoms with van der Waals surface area (Å²) in [6.07, 6.45) is -8.01. The summed E-state index contributed by atoms with van der Waals surface area (Å²) >= 11 is 0.612. The molecule has 2 N–H and O–H groups in total. The number of aromatic nitrogens is 1. The quantitative estimate of drug-likeness (QED) is 0.374. The van der Waals surface area contributed by atoms with Crippen LogP contribution in [0.2, 0.25) is 0 Å². The molecule has 2 heterocycles. The minimum atomic E-state index is -6.03. The van der Waals surface area contributed by atoms with Crippen LogP contribution in [0.3, 0.4) is 0 Å². The lowest BCUT2D eigenvalue weighted by atomic mass is 9.95. The van der Waals surface area contributed by atoms with Gasteiger partial charge in [-0.2, -0.15) is 26.3 Å². The third-order valence-corrected chi connectivity index (χ3v) is 6.14. The van der Waals surface area contributed by atoms with Crippen molar-refractivity contribution in [1.29, 1.82) is 0 Å². The zero-order valence-electron chi connectivity index (χ0n) is 16.5. The number of carbonyl (C=O) groups excluding carboxylic acids is 2. The van der Waals surface area contributed by atoms with Gasteiger partial charge in [0.15, 0.2) is 0 Å². The van der Waals surface area contributed by atoms with Gasteiger partial charge < -0.3 is 15.4 Å². The minimum absolute atomic E-state index is 0.311. The molecule has 2 aromatic heterocycles. The molecule has 1 amide bonds. The molecule has 174 valence electrons. The highest BCUT2D eigenvalue weighted by atomic mass is 32.1. The first-order valence-corrected chi connectivity index (χ1v) is 10.1. The van der Waals surface area contributed by atoms with Gasteiger partial charge in [0.05, 0.1) is 18.2 Å². The van der Waals surface area contributed by atoms with Crippen molar-refractivity contribution in [1.82, 2.24) is 10.3 Å². The molecule has 6 nitrogen and oxygen atoms in total. The van der Waals surface area contributed by atoms with E-state index in [-0.39, 0.29) is 5.56 Å². The number of anilines is 1. The van der Waals surface area contributed by atoms with Crippen molar-refractivity contribution in [2.45, 2.75) is 43.7 Å². The molecule has 1 aliphatic carbocycles. The number of hydrogen-bond donors (Lipinski definition) is 2. The molecule has 13 heteroatoms. The van der Waals surface area contributed by atoms with E-state index in [1.54, 1.807) is 0 Å². The highest BCUT2D eigenvalue weighted by molar-refractivity contribution is 7.16. The Kier molecular flexibility index (Phi) is 6.40. The second kappa shape index (κ2) is 8.60. The number of hydrogen-bond acceptors (Lipinski definition) is 6. The van der Waals surface area contributed by atoms with Gasteiger partial charge in [-0.15, -0.1) is 11.3 Å². The molecule has 0 fully saturated rings. The van der Waals surface area contributed by atoms with Crippen LogP contribution in [-0.2, 0) is 17.6 Å². The summed E-state index contributed by atoms with van der Waals surface area (Å²) < 4.78 is 88.6. The maximum absolute atomic E-state index is 14.0. The van der Waals surface area contributed by atoms with Gasteiger partial charge in [0.2, 0.25) is 0 Å². The van der Waals surface area contributed by atoms with E-state index in [1.165, 1.54) is 17.6 Å². The van der Waals surface area contributed by atoms with Crippen molar-refractivity contribution in [2.24, 2.45) is 0 Å². The van der Waals surface area contributed by atoms with Gasteiger partial charge in [0.1, 0.15) is 5.00 Å². The van der Waals surface area contributed by atoms with Crippen molar-refractivity contribution in [3.8, 4) is 0 Å². The van der Waals surface area contributed by atoms with E-state index < -0.39 is 40.5 Å². The number of nitrogens with one attached hydrogen (secondary N) is 2. The van der Waals surface area contributed by atoms with Crippen LogP contribution in [0, 0.1) is 0 Å². The predicted molar refractivity (Wildman–Crippen MR) is 102 cm³/mol. The molecule has 0 bridgehead atoms. The van der Waals surface area contributed by atoms with Gasteiger partial charge in [-0.05, 0) is 43.4 Å². The van der Waals surface area contributed by atoms with Gasteiger partial charge in [-0.3, -0.25) is 9.78 Å². The van der Waals surface area contributed by atoms with E-state index in [1.807, 2.05) is 0 Å². The van der Waals surface area contributed by atoms with Crippen LogP contribution < -0.4 is 10.6 Å². The number of rotatable bonds is 5. The van der Waals surface area contributed by atoms with Gasteiger partial charge in [0, 0.05) is 17.3 Å². The molecule has 3 rings (SSSR count). The Bertz CT molecular complexity index is 990. The molecule has 0 aliphatic heterocycles. The number of aryl methyl sites for hydroxylation is 1. The predicted octanol–water partition coefficient (Wildman–Crippen LogP) is 4.47. The summed E-state index contributed by atoms with van der Waals surface area (Å²) in [5.41, 5.74) is -5.41. The van der Waals surface area contributed by atoms with Crippen LogP contribution in [0.5, 0.6) is 0 Å². The average molecular weight is 481 g/mol. The molecular formula is C19H17F6N3O3S. The molecule has 0 saturated heterocycles. The lowest BCUT2D eigenvalue weighted by Crippen LogP contribution is -2.72. The molecule has 1 aliphatic rings. The second-order valence-corrected chi connectivity index (χ2v) is 8.08. The summed E-state index contributed by atoms with van der Waals surface area (Å²) in [4.78, 5) is 28.6. The topological polar surface area (TPSA) is 80.3 Å². The number of fused-ring (bicyclic) bond motifs is 1. The molecule has 32 heavy (non-hydrogen) atoms. The lowest BCUT2D eigenvalue weighted by Gasteiger charge is -2.38. The summed E-state index contributed by atoms with van der Waals surface area (Å²) in [5, 5.41) is 1.81. The highest BCUT2D eigenvalue weighted by Gasteiger charge is 2.73. The number of carbonyl (C=O) groups is 2. The van der Waals surface area contributed by atoms with Crippen LogP contribution in [-0.4, -0.2) is 42.0 Å². The number of alkyl halides is 6. The van der Waals surface area contributed by atoms with Gasteiger partial charge in [-0.1, -0.05) is 0 Å². The SMILES string of the molecule is COC(=O)c1c(NC(NC(=O)c2cccnc2)(C(F)(F)F)C(F)(F)F)sc2c1CCCC2. The van der Waals surface area contributed by atoms with Gasteiger partial charge in [-0.25, -0.2) is 4.79 Å². The first kappa shape index (κ1) is 23.8. The van der Waals surface area contributed by atoms with Gasteiger partial charge in [0.25, 0.3) is 5.91 Å². The normalized spacial score (nSPS) is 14.5. The third kappa shape index (κ3) is 4.25. The molecule has 0 spiro atoms. The van der Waals surface area contributed by atoms with Crippen LogP contribution in [0.15, 0.2) is 24.5 Å². The van der Waals surface area contributed by atoms with E-state index >= 15 is 0 Å². The van der Waals surface area contributed by atoms with Crippen LogP contribution in [0.4, 0.5) is 31.3 Å². The zero-order valence-corrected chi connectivity index (χ0v) is 17.3. The molecule has 0 saturated carbocycles. The Hall–Kier alpha value is -2.83. The van der Waals surface area contributed by atoms with Crippen molar-refractivity contribution in [2.75, 3.05) is 12.4 Å². The molecule has 0 radical (unpaired) electrons. The second-order valence-electron chi connectivity index (χ2n) is 6.97. The van der Waals surface area contributed by atoms with E-state index in [0.29, 0.717) is 47.5 Å². The van der Waals surface area contributed by atoms with Crippen molar-refractivity contribution in [3.05, 3.63) is 46.1 Å². The summed E-state index contributed by atoms with van der Waals surface area (Å²) in [6, 6.07) is 2.21. The smallest absolute Gasteiger partial charge is 0.439 e. The Morgan fingerprint density at radius 2 is 1.75 bits per heavy atom. The van der Waals surface area contributed by atoms with Crippen molar-refractivity contribution in [3.63, 3.8) is 0 Å². The fraction of sp³-hybridized carbons (Fsp3) is 0.421. The van der Waals surface area contributed by atoms with Crippen LogP contribution >= 0.6 is 11.3 Å². The molecule has 2 aromatic rings. The van der Waals surface area contributed by atoms with Crippen LogP contribution in [0.25, 0.3) is 0 Å². The first-order chi connectivity index (χ1) is 14.9. The standard InChI is InChI=1S/C19H17F6N3O3S/c1-31-16(30)13-11-6-2-3-7-12(11)32-15(13)28-17(18(20,21)22,19(23,24)25)27-14(29)10-5-4-8-26-9-10/h4-5,8-9,28H,2-3,6-7H2,1H3,(H,27,29). The number of ether oxygens (including phenoxy) is 1. The van der Waals surface area contributed by atoms with E-state index in [0.717, 1.165) is 24.7 Å². The lowest BCUT2D eigenvalue weighted by molar-refractivity contribution is -0.293. The van der Waals surface area contributed by atoms with E-state index in [4.69, 9.17) is 0 Å². The largest absolute Gasteiger partial charge is 0.465 e. The Morgan fingerprint density at radius 1 is 1.09 bits per heavy atom. The van der Waals surface area contributed by atoms with E-state index in [9.17, 15) is 35.9 Å². The number of halogens is 6. The van der Waals surface area contributed by atoms with Crippen LogP contribution in [0.1, 0.15) is 44.0 Å². The fourth-order valence-corrected chi connectivity index (χ4v) is 4.69. The molecule has 0 aromatic carbocycles. The number of esters is 1. The number of amides is 1.